The Kier molecular flexibility index (Phi) is 4.47. The summed E-state index contributed by atoms with van der Waals surface area (Å²) in [6, 6.07) is 9.31. The van der Waals surface area contributed by atoms with Gasteiger partial charge < -0.3 is 9.52 Å². The number of rotatable bonds is 4. The van der Waals surface area contributed by atoms with Gasteiger partial charge in [-0.3, -0.25) is 4.90 Å². The lowest BCUT2D eigenvalue weighted by atomic mass is 10.0. The summed E-state index contributed by atoms with van der Waals surface area (Å²) in [6.07, 6.45) is 3.29. The molecule has 1 aliphatic rings. The summed E-state index contributed by atoms with van der Waals surface area (Å²) in [7, 11) is 0. The van der Waals surface area contributed by atoms with Crippen molar-refractivity contribution in [1.29, 1.82) is 5.26 Å². The van der Waals surface area contributed by atoms with Crippen LogP contribution in [0.2, 0.25) is 0 Å². The first-order valence-electron chi connectivity index (χ1n) is 7.48. The number of aliphatic hydroxyl groups is 1. The van der Waals surface area contributed by atoms with Crippen molar-refractivity contribution in [3.05, 3.63) is 35.7 Å². The molecule has 1 unspecified atom stereocenters. The standard InChI is InChI=1S/C16H18N4O2/c17-9-12-4-6-13(7-5-12)16-19-18-15(22-16)10-20-8-2-1-3-14(20)11-21/h4-7,14,21H,1-3,8,10-11H2. The summed E-state index contributed by atoms with van der Waals surface area (Å²) in [5.74, 6) is 1.01. The van der Waals surface area contributed by atoms with Gasteiger partial charge >= 0.3 is 0 Å². The van der Waals surface area contributed by atoms with E-state index in [0.29, 0.717) is 23.9 Å². The van der Waals surface area contributed by atoms with E-state index in [1.807, 2.05) is 0 Å². The average Bonchev–Trinajstić information content (AvgIpc) is 3.04. The van der Waals surface area contributed by atoms with E-state index < -0.39 is 0 Å². The van der Waals surface area contributed by atoms with E-state index in [2.05, 4.69) is 21.2 Å². The Bertz CT molecular complexity index is 660. The van der Waals surface area contributed by atoms with Crippen molar-refractivity contribution in [3.63, 3.8) is 0 Å². The Balaban J connectivity index is 1.71. The second-order valence-electron chi connectivity index (χ2n) is 5.49. The number of nitrogens with zero attached hydrogens (tertiary/aromatic N) is 4. The smallest absolute Gasteiger partial charge is 0.247 e. The second kappa shape index (κ2) is 6.69. The van der Waals surface area contributed by atoms with Crippen molar-refractivity contribution < 1.29 is 9.52 Å². The number of hydrogen-bond acceptors (Lipinski definition) is 6. The summed E-state index contributed by atoms with van der Waals surface area (Å²) >= 11 is 0. The van der Waals surface area contributed by atoms with Crippen molar-refractivity contribution >= 4 is 0 Å². The van der Waals surface area contributed by atoms with Gasteiger partial charge in [-0.2, -0.15) is 5.26 Å². The van der Waals surface area contributed by atoms with Gasteiger partial charge in [0.1, 0.15) is 0 Å². The molecule has 6 nitrogen and oxygen atoms in total. The van der Waals surface area contributed by atoms with Crippen molar-refractivity contribution in [2.24, 2.45) is 0 Å². The predicted octanol–water partition coefficient (Wildman–Crippen LogP) is 1.96. The molecule has 0 saturated carbocycles. The van der Waals surface area contributed by atoms with E-state index >= 15 is 0 Å². The van der Waals surface area contributed by atoms with Crippen LogP contribution in [0.1, 0.15) is 30.7 Å². The van der Waals surface area contributed by atoms with Crippen molar-refractivity contribution in [2.45, 2.75) is 31.8 Å². The first-order valence-corrected chi connectivity index (χ1v) is 7.48. The number of aliphatic hydroxyl groups excluding tert-OH is 1. The minimum atomic E-state index is 0.163. The Labute approximate surface area is 129 Å². The highest BCUT2D eigenvalue weighted by Crippen LogP contribution is 2.22. The van der Waals surface area contributed by atoms with E-state index in [4.69, 9.17) is 9.68 Å². The Morgan fingerprint density at radius 2 is 2.09 bits per heavy atom. The quantitative estimate of drug-likeness (QED) is 0.928. The minimum Gasteiger partial charge on any atom is -0.419 e. The molecule has 114 valence electrons. The van der Waals surface area contributed by atoms with Gasteiger partial charge in [0, 0.05) is 11.6 Å². The highest BCUT2D eigenvalue weighted by atomic mass is 16.4. The van der Waals surface area contributed by atoms with Gasteiger partial charge in [0.05, 0.1) is 24.8 Å². The fourth-order valence-corrected chi connectivity index (χ4v) is 2.77. The summed E-state index contributed by atoms with van der Waals surface area (Å²) in [5.41, 5.74) is 1.40. The molecule has 1 saturated heterocycles. The third-order valence-corrected chi connectivity index (χ3v) is 4.03. The zero-order chi connectivity index (χ0) is 15.4. The normalized spacial score (nSPS) is 19.0. The molecule has 0 aliphatic carbocycles. The molecule has 6 heteroatoms. The second-order valence-corrected chi connectivity index (χ2v) is 5.49. The fraction of sp³-hybridized carbons (Fsp3) is 0.438. The molecule has 1 aromatic heterocycles. The van der Waals surface area contributed by atoms with Crippen molar-refractivity contribution in [1.82, 2.24) is 15.1 Å². The van der Waals surface area contributed by atoms with Crippen LogP contribution >= 0.6 is 0 Å². The van der Waals surface area contributed by atoms with Crippen LogP contribution in [0.4, 0.5) is 0 Å². The van der Waals surface area contributed by atoms with E-state index in [-0.39, 0.29) is 12.6 Å². The van der Waals surface area contributed by atoms with E-state index in [9.17, 15) is 5.11 Å². The highest BCUT2D eigenvalue weighted by molar-refractivity contribution is 5.54. The van der Waals surface area contributed by atoms with Gasteiger partial charge in [0.25, 0.3) is 0 Å². The molecule has 1 aromatic carbocycles. The Hall–Kier alpha value is -2.23. The number of likely N-dealkylation sites (tertiary alicyclic amines) is 1. The van der Waals surface area contributed by atoms with Crippen LogP contribution < -0.4 is 0 Å². The molecular formula is C16H18N4O2. The molecule has 1 aliphatic heterocycles. The number of aromatic nitrogens is 2. The van der Waals surface area contributed by atoms with Gasteiger partial charge in [-0.05, 0) is 43.7 Å². The molecule has 2 heterocycles. The van der Waals surface area contributed by atoms with Gasteiger partial charge in [-0.25, -0.2) is 0 Å². The van der Waals surface area contributed by atoms with E-state index in [1.165, 1.54) is 0 Å². The maximum atomic E-state index is 9.44. The Morgan fingerprint density at radius 1 is 1.27 bits per heavy atom. The van der Waals surface area contributed by atoms with Crippen LogP contribution in [-0.2, 0) is 6.54 Å². The number of piperidine rings is 1. The monoisotopic (exact) mass is 298 g/mol. The van der Waals surface area contributed by atoms with Gasteiger partial charge in [0.15, 0.2) is 0 Å². The van der Waals surface area contributed by atoms with Crippen LogP contribution in [0.5, 0.6) is 0 Å². The van der Waals surface area contributed by atoms with Crippen LogP contribution in [0.15, 0.2) is 28.7 Å². The van der Waals surface area contributed by atoms with Crippen molar-refractivity contribution in [2.75, 3.05) is 13.2 Å². The molecule has 0 amide bonds. The molecular weight excluding hydrogens is 280 g/mol. The third kappa shape index (κ3) is 3.16. The first kappa shape index (κ1) is 14.7. The van der Waals surface area contributed by atoms with Gasteiger partial charge in [0.2, 0.25) is 11.8 Å². The molecule has 22 heavy (non-hydrogen) atoms. The summed E-state index contributed by atoms with van der Waals surface area (Å²) in [5, 5.41) is 26.4. The van der Waals surface area contributed by atoms with Gasteiger partial charge in [-0.1, -0.05) is 6.42 Å². The van der Waals surface area contributed by atoms with Crippen LogP contribution in [0.3, 0.4) is 0 Å². The molecule has 2 aromatic rings. The molecule has 0 spiro atoms. The topological polar surface area (TPSA) is 86.2 Å². The first-order chi connectivity index (χ1) is 10.8. The lowest BCUT2D eigenvalue weighted by molar-refractivity contribution is 0.0769. The number of nitriles is 1. The lowest BCUT2D eigenvalue weighted by Crippen LogP contribution is -2.41. The van der Waals surface area contributed by atoms with E-state index in [1.54, 1.807) is 24.3 Å². The van der Waals surface area contributed by atoms with Crippen LogP contribution in [0, 0.1) is 11.3 Å². The van der Waals surface area contributed by atoms with E-state index in [0.717, 1.165) is 31.4 Å². The van der Waals surface area contributed by atoms with Crippen LogP contribution in [-0.4, -0.2) is 39.4 Å². The van der Waals surface area contributed by atoms with Gasteiger partial charge in [-0.15, -0.1) is 10.2 Å². The maximum Gasteiger partial charge on any atom is 0.247 e. The molecule has 3 rings (SSSR count). The average molecular weight is 298 g/mol. The van der Waals surface area contributed by atoms with Crippen molar-refractivity contribution in [3.8, 4) is 17.5 Å². The SMILES string of the molecule is N#Cc1ccc(-c2nnc(CN3CCCCC3CO)o2)cc1. The molecule has 1 N–H and O–H groups in total. The summed E-state index contributed by atoms with van der Waals surface area (Å²) < 4.78 is 5.71. The molecule has 1 atom stereocenters. The van der Waals surface area contributed by atoms with Crippen LogP contribution in [0.25, 0.3) is 11.5 Å². The minimum absolute atomic E-state index is 0.163. The Morgan fingerprint density at radius 3 is 2.82 bits per heavy atom. The largest absolute Gasteiger partial charge is 0.419 e. The zero-order valence-corrected chi connectivity index (χ0v) is 12.3. The summed E-state index contributed by atoms with van der Waals surface area (Å²) in [4.78, 5) is 2.19. The lowest BCUT2D eigenvalue weighted by Gasteiger charge is -2.33. The predicted molar refractivity (Wildman–Crippen MR) is 79.6 cm³/mol. The number of benzene rings is 1. The molecule has 1 fully saturated rings. The highest BCUT2D eigenvalue weighted by Gasteiger charge is 2.23. The molecule has 0 radical (unpaired) electrons. The third-order valence-electron chi connectivity index (χ3n) is 4.03. The zero-order valence-electron chi connectivity index (χ0n) is 12.3. The molecule has 0 bridgehead atoms. The number of hydrogen-bond donors (Lipinski definition) is 1. The maximum absolute atomic E-state index is 9.44. The fourth-order valence-electron chi connectivity index (χ4n) is 2.77. The summed E-state index contributed by atoms with van der Waals surface area (Å²) in [6.45, 7) is 1.67.